The van der Waals surface area contributed by atoms with Crippen molar-refractivity contribution in [3.63, 3.8) is 0 Å². The van der Waals surface area contributed by atoms with Gasteiger partial charge in [0.15, 0.2) is 5.82 Å². The first-order valence-electron chi connectivity index (χ1n) is 7.21. The number of hydrogen-bond acceptors (Lipinski definition) is 6. The molecule has 0 fully saturated rings. The number of rotatable bonds is 5. The molecule has 2 aromatic heterocycles. The summed E-state index contributed by atoms with van der Waals surface area (Å²) < 4.78 is 34.6. The molecule has 0 saturated carbocycles. The Balaban J connectivity index is 2.01. The predicted octanol–water partition coefficient (Wildman–Crippen LogP) is 1.49. The van der Waals surface area contributed by atoms with Crippen molar-refractivity contribution >= 4 is 10.0 Å². The zero-order chi connectivity index (χ0) is 17.3. The van der Waals surface area contributed by atoms with Gasteiger partial charge in [-0.3, -0.25) is 4.68 Å². The molecule has 0 amide bonds. The normalized spacial score (nSPS) is 13.1. The molecule has 0 radical (unpaired) electrons. The van der Waals surface area contributed by atoms with Gasteiger partial charge in [-0.2, -0.15) is 14.8 Å². The van der Waals surface area contributed by atoms with Gasteiger partial charge >= 0.3 is 0 Å². The zero-order valence-corrected chi connectivity index (χ0v) is 14.3. The lowest BCUT2D eigenvalue weighted by molar-refractivity contribution is 0.405. The van der Waals surface area contributed by atoms with Gasteiger partial charge in [0.1, 0.15) is 6.04 Å². The van der Waals surface area contributed by atoms with E-state index < -0.39 is 16.1 Å². The molecule has 0 aliphatic rings. The molecule has 1 aromatic carbocycles. The van der Waals surface area contributed by atoms with E-state index in [4.69, 9.17) is 4.52 Å². The fourth-order valence-electron chi connectivity index (χ4n) is 2.48. The summed E-state index contributed by atoms with van der Waals surface area (Å²) in [5.41, 5.74) is 2.28. The van der Waals surface area contributed by atoms with Crippen LogP contribution in [0.2, 0.25) is 0 Å². The Morgan fingerprint density at radius 3 is 2.67 bits per heavy atom. The standard InChI is InChI=1S/C15H17N5O3S/c1-10-4-5-13(11(2)6-10)24(21,22)19-14(15-16-9-23-18-15)12-7-17-20(3)8-12/h4-9,14,19H,1-3H3. The Kier molecular flexibility index (Phi) is 4.20. The zero-order valence-electron chi connectivity index (χ0n) is 13.5. The molecule has 0 saturated heterocycles. The summed E-state index contributed by atoms with van der Waals surface area (Å²) in [6, 6.07) is 4.38. The van der Waals surface area contributed by atoms with E-state index in [1.54, 1.807) is 43.2 Å². The van der Waals surface area contributed by atoms with Gasteiger partial charge in [-0.25, -0.2) is 8.42 Å². The summed E-state index contributed by atoms with van der Waals surface area (Å²) >= 11 is 0. The van der Waals surface area contributed by atoms with Gasteiger partial charge in [-0.1, -0.05) is 22.9 Å². The summed E-state index contributed by atoms with van der Waals surface area (Å²) in [5.74, 6) is 0.219. The lowest BCUT2D eigenvalue weighted by Crippen LogP contribution is -2.30. The summed E-state index contributed by atoms with van der Waals surface area (Å²) in [7, 11) is -2.04. The van der Waals surface area contributed by atoms with Gasteiger partial charge < -0.3 is 4.52 Å². The lowest BCUT2D eigenvalue weighted by atomic mass is 10.2. The van der Waals surface area contributed by atoms with E-state index in [0.29, 0.717) is 11.1 Å². The van der Waals surface area contributed by atoms with Crippen LogP contribution in [-0.4, -0.2) is 28.3 Å². The minimum atomic E-state index is -3.78. The molecule has 126 valence electrons. The van der Waals surface area contributed by atoms with Crippen molar-refractivity contribution in [1.82, 2.24) is 24.6 Å². The Labute approximate surface area is 139 Å². The number of nitrogens with zero attached hydrogens (tertiary/aromatic N) is 4. The van der Waals surface area contributed by atoms with Crippen LogP contribution in [0.3, 0.4) is 0 Å². The largest absolute Gasteiger partial charge is 0.343 e. The maximum atomic E-state index is 12.8. The number of aromatic nitrogens is 4. The number of nitrogens with one attached hydrogen (secondary N) is 1. The number of sulfonamides is 1. The average molecular weight is 347 g/mol. The monoisotopic (exact) mass is 347 g/mol. The second-order valence-electron chi connectivity index (χ2n) is 5.56. The molecule has 8 nitrogen and oxygen atoms in total. The van der Waals surface area contributed by atoms with Crippen LogP contribution in [0.15, 0.2) is 46.4 Å². The minimum Gasteiger partial charge on any atom is -0.343 e. The molecule has 0 aliphatic carbocycles. The summed E-state index contributed by atoms with van der Waals surface area (Å²) in [6.07, 6.45) is 4.42. The Hall–Kier alpha value is -2.52. The first kappa shape index (κ1) is 16.3. The van der Waals surface area contributed by atoms with Gasteiger partial charge in [0.25, 0.3) is 0 Å². The van der Waals surface area contributed by atoms with Crippen LogP contribution in [0, 0.1) is 13.8 Å². The highest BCUT2D eigenvalue weighted by Gasteiger charge is 2.27. The molecule has 1 unspecified atom stereocenters. The van der Waals surface area contributed by atoms with Crippen LogP contribution in [0.4, 0.5) is 0 Å². The molecule has 2 heterocycles. The molecule has 3 aromatic rings. The Morgan fingerprint density at radius 2 is 2.08 bits per heavy atom. The number of aryl methyl sites for hydroxylation is 3. The van der Waals surface area contributed by atoms with Crippen LogP contribution in [0.1, 0.15) is 28.6 Å². The van der Waals surface area contributed by atoms with Gasteiger partial charge in [-0.15, -0.1) is 0 Å². The molecule has 0 spiro atoms. The second-order valence-corrected chi connectivity index (χ2v) is 7.24. The Bertz CT molecular complexity index is 947. The quantitative estimate of drug-likeness (QED) is 0.750. The van der Waals surface area contributed by atoms with Gasteiger partial charge in [-0.05, 0) is 25.5 Å². The van der Waals surface area contributed by atoms with Crippen molar-refractivity contribution in [1.29, 1.82) is 0 Å². The maximum absolute atomic E-state index is 12.8. The smallest absolute Gasteiger partial charge is 0.241 e. The lowest BCUT2D eigenvalue weighted by Gasteiger charge is -2.15. The van der Waals surface area contributed by atoms with Gasteiger partial charge in [0.2, 0.25) is 16.4 Å². The molecule has 1 N–H and O–H groups in total. The van der Waals surface area contributed by atoms with E-state index in [1.807, 2.05) is 13.0 Å². The first-order chi connectivity index (χ1) is 11.4. The highest BCUT2D eigenvalue weighted by molar-refractivity contribution is 7.89. The number of hydrogen-bond donors (Lipinski definition) is 1. The average Bonchev–Trinajstić information content (AvgIpc) is 3.16. The van der Waals surface area contributed by atoms with Crippen LogP contribution in [0.25, 0.3) is 0 Å². The molecule has 3 rings (SSSR count). The van der Waals surface area contributed by atoms with Gasteiger partial charge in [0.05, 0.1) is 11.1 Å². The van der Waals surface area contributed by atoms with E-state index in [2.05, 4.69) is 20.0 Å². The molecular formula is C15H17N5O3S. The molecule has 0 aliphatic heterocycles. The third-order valence-corrected chi connectivity index (χ3v) is 5.17. The van der Waals surface area contributed by atoms with E-state index in [1.165, 1.54) is 0 Å². The van der Waals surface area contributed by atoms with E-state index in [0.717, 1.165) is 12.0 Å². The highest BCUT2D eigenvalue weighted by atomic mass is 32.2. The molecular weight excluding hydrogens is 330 g/mol. The van der Waals surface area contributed by atoms with E-state index >= 15 is 0 Å². The van der Waals surface area contributed by atoms with Crippen molar-refractivity contribution in [3.05, 3.63) is 59.5 Å². The topological polar surface area (TPSA) is 103 Å². The van der Waals surface area contributed by atoms with Crippen molar-refractivity contribution < 1.29 is 12.9 Å². The highest BCUT2D eigenvalue weighted by Crippen LogP contribution is 2.23. The first-order valence-corrected chi connectivity index (χ1v) is 8.69. The fourth-order valence-corrected chi connectivity index (χ4v) is 3.89. The summed E-state index contributed by atoms with van der Waals surface area (Å²) in [6.45, 7) is 3.67. The molecule has 1 atom stereocenters. The maximum Gasteiger partial charge on any atom is 0.241 e. The molecule has 24 heavy (non-hydrogen) atoms. The Morgan fingerprint density at radius 1 is 1.29 bits per heavy atom. The van der Waals surface area contributed by atoms with E-state index in [9.17, 15) is 8.42 Å². The van der Waals surface area contributed by atoms with Crippen LogP contribution in [-0.2, 0) is 17.1 Å². The fraction of sp³-hybridized carbons (Fsp3) is 0.267. The summed E-state index contributed by atoms with van der Waals surface area (Å²) in [5, 5.41) is 7.84. The SMILES string of the molecule is Cc1ccc(S(=O)(=O)NC(c2cnn(C)c2)c2ncon2)c(C)c1. The third-order valence-electron chi connectivity index (χ3n) is 3.59. The summed E-state index contributed by atoms with van der Waals surface area (Å²) in [4.78, 5) is 4.19. The molecule has 9 heteroatoms. The minimum absolute atomic E-state index is 0.213. The van der Waals surface area contributed by atoms with Crippen molar-refractivity contribution in [2.75, 3.05) is 0 Å². The van der Waals surface area contributed by atoms with Crippen molar-refractivity contribution in [2.24, 2.45) is 7.05 Å². The molecule has 0 bridgehead atoms. The van der Waals surface area contributed by atoms with Crippen molar-refractivity contribution in [2.45, 2.75) is 24.8 Å². The van der Waals surface area contributed by atoms with Crippen LogP contribution in [0.5, 0.6) is 0 Å². The second kappa shape index (κ2) is 6.17. The predicted molar refractivity (Wildman–Crippen MR) is 85.6 cm³/mol. The van der Waals surface area contributed by atoms with Crippen LogP contribution < -0.4 is 4.72 Å². The van der Waals surface area contributed by atoms with Crippen LogP contribution >= 0.6 is 0 Å². The van der Waals surface area contributed by atoms with E-state index in [-0.39, 0.29) is 10.7 Å². The van der Waals surface area contributed by atoms with Gasteiger partial charge in [0, 0.05) is 18.8 Å². The van der Waals surface area contributed by atoms with Crippen molar-refractivity contribution in [3.8, 4) is 0 Å². The number of benzene rings is 1. The third kappa shape index (κ3) is 3.22.